The molecule has 3 aliphatic rings. The number of carbonyl (C=O) groups excluding carboxylic acids is 3. The minimum absolute atomic E-state index is 0.121. The first kappa shape index (κ1) is 21.1. The zero-order chi connectivity index (χ0) is 23.4. The Kier molecular flexibility index (Phi) is 5.03. The second kappa shape index (κ2) is 8.10. The van der Waals surface area contributed by atoms with Crippen LogP contribution >= 0.6 is 11.6 Å². The molecule has 5 atom stereocenters. The fraction of sp³-hybridized carbons (Fsp3) is 0.250. The average molecular weight is 471 g/mol. The summed E-state index contributed by atoms with van der Waals surface area (Å²) in [6, 6.07) is 23.9. The maximum absolute atomic E-state index is 13.6. The predicted octanol–water partition coefficient (Wildman–Crippen LogP) is 5.52. The van der Waals surface area contributed by atoms with E-state index in [0.717, 1.165) is 12.8 Å². The van der Waals surface area contributed by atoms with Crippen LogP contribution in [0, 0.1) is 23.7 Å². The van der Waals surface area contributed by atoms with Crippen LogP contribution in [0.1, 0.15) is 34.7 Å². The van der Waals surface area contributed by atoms with Gasteiger partial charge in [-0.25, -0.2) is 0 Å². The fourth-order valence-electron chi connectivity index (χ4n) is 6.32. The summed E-state index contributed by atoms with van der Waals surface area (Å²) in [6.45, 7) is 0. The van der Waals surface area contributed by atoms with Crippen molar-refractivity contribution in [3.63, 3.8) is 0 Å². The van der Waals surface area contributed by atoms with Crippen molar-refractivity contribution < 1.29 is 14.4 Å². The quantitative estimate of drug-likeness (QED) is 0.510. The van der Waals surface area contributed by atoms with Crippen LogP contribution in [0.25, 0.3) is 0 Å². The number of hydrogen-bond acceptors (Lipinski definition) is 3. The van der Waals surface area contributed by atoms with Crippen LogP contribution in [-0.2, 0) is 9.59 Å². The van der Waals surface area contributed by atoms with Gasteiger partial charge in [-0.2, -0.15) is 0 Å². The number of hydrogen-bond donors (Lipinski definition) is 1. The van der Waals surface area contributed by atoms with Crippen LogP contribution in [-0.4, -0.2) is 17.7 Å². The Balaban J connectivity index is 1.25. The Morgan fingerprint density at radius 3 is 2.35 bits per heavy atom. The SMILES string of the molecule is O=C(Nc1ccc(Cl)cc1)c1cccc(N2C(=O)[C@H]3[C@@H]4C[C@@H]([C@@H]3C2=O)[C@H](c2ccccc2)C4)c1. The first-order valence-electron chi connectivity index (χ1n) is 11.6. The molecule has 6 rings (SSSR count). The maximum atomic E-state index is 13.6. The highest BCUT2D eigenvalue weighted by Crippen LogP contribution is 2.61. The summed E-state index contributed by atoms with van der Waals surface area (Å²) in [5.41, 5.74) is 2.72. The molecular weight excluding hydrogens is 448 g/mol. The molecule has 6 heteroatoms. The van der Waals surface area contributed by atoms with Crippen molar-refractivity contribution in [2.75, 3.05) is 10.2 Å². The lowest BCUT2D eigenvalue weighted by molar-refractivity contribution is -0.123. The number of amides is 3. The van der Waals surface area contributed by atoms with E-state index in [0.29, 0.717) is 27.9 Å². The molecule has 1 heterocycles. The Labute approximate surface area is 202 Å². The van der Waals surface area contributed by atoms with Gasteiger partial charge in [-0.15, -0.1) is 0 Å². The summed E-state index contributed by atoms with van der Waals surface area (Å²) in [7, 11) is 0. The highest BCUT2D eigenvalue weighted by molar-refractivity contribution is 6.30. The number of nitrogens with zero attached hydrogens (tertiary/aromatic N) is 1. The molecule has 1 saturated heterocycles. The third kappa shape index (κ3) is 3.34. The van der Waals surface area contributed by atoms with Crippen molar-refractivity contribution in [3.05, 3.63) is 95.0 Å². The molecule has 0 aromatic heterocycles. The number of benzene rings is 3. The van der Waals surface area contributed by atoms with Gasteiger partial charge >= 0.3 is 0 Å². The summed E-state index contributed by atoms with van der Waals surface area (Å²) < 4.78 is 0. The van der Waals surface area contributed by atoms with Gasteiger partial charge in [0.15, 0.2) is 0 Å². The van der Waals surface area contributed by atoms with E-state index in [2.05, 4.69) is 17.4 Å². The fourth-order valence-corrected chi connectivity index (χ4v) is 6.45. The molecule has 0 spiro atoms. The van der Waals surface area contributed by atoms with Crippen molar-refractivity contribution in [1.29, 1.82) is 0 Å². The zero-order valence-electron chi connectivity index (χ0n) is 18.4. The van der Waals surface area contributed by atoms with Gasteiger partial charge in [-0.05, 0) is 78.6 Å². The molecule has 3 aromatic carbocycles. The molecule has 2 bridgehead atoms. The molecule has 5 nitrogen and oxygen atoms in total. The van der Waals surface area contributed by atoms with Crippen molar-refractivity contribution in [2.24, 2.45) is 23.7 Å². The number of imide groups is 1. The van der Waals surface area contributed by atoms with Crippen LogP contribution in [0.4, 0.5) is 11.4 Å². The van der Waals surface area contributed by atoms with E-state index in [-0.39, 0.29) is 41.4 Å². The highest BCUT2D eigenvalue weighted by Gasteiger charge is 2.64. The van der Waals surface area contributed by atoms with Gasteiger partial charge in [0.05, 0.1) is 17.5 Å². The molecule has 0 unspecified atom stereocenters. The third-order valence-electron chi connectivity index (χ3n) is 7.71. The first-order chi connectivity index (χ1) is 16.5. The minimum atomic E-state index is -0.312. The van der Waals surface area contributed by atoms with Crippen molar-refractivity contribution >= 4 is 40.7 Å². The van der Waals surface area contributed by atoms with Gasteiger partial charge < -0.3 is 5.32 Å². The number of carbonyl (C=O) groups is 3. The third-order valence-corrected chi connectivity index (χ3v) is 7.96. The molecule has 1 N–H and O–H groups in total. The van der Waals surface area contributed by atoms with Crippen LogP contribution in [0.5, 0.6) is 0 Å². The Bertz CT molecular complexity index is 1290. The summed E-state index contributed by atoms with van der Waals surface area (Å²) >= 11 is 5.91. The molecule has 1 aliphatic heterocycles. The first-order valence-corrected chi connectivity index (χ1v) is 12.0. The Morgan fingerprint density at radius 1 is 0.853 bits per heavy atom. The molecule has 170 valence electrons. The monoisotopic (exact) mass is 470 g/mol. The van der Waals surface area contributed by atoms with E-state index in [1.54, 1.807) is 48.5 Å². The van der Waals surface area contributed by atoms with Gasteiger partial charge in [0.2, 0.25) is 11.8 Å². The van der Waals surface area contributed by atoms with Gasteiger partial charge in [0.1, 0.15) is 0 Å². The summed E-state index contributed by atoms with van der Waals surface area (Å²) in [5.74, 6) is -0.337. The van der Waals surface area contributed by atoms with Gasteiger partial charge in [0, 0.05) is 16.3 Å². The highest BCUT2D eigenvalue weighted by atomic mass is 35.5. The second-order valence-corrected chi connectivity index (χ2v) is 9.92. The molecular formula is C28H23ClN2O3. The smallest absolute Gasteiger partial charge is 0.255 e. The molecule has 0 radical (unpaired) electrons. The average Bonchev–Trinajstić information content (AvgIpc) is 3.52. The maximum Gasteiger partial charge on any atom is 0.255 e. The summed E-state index contributed by atoms with van der Waals surface area (Å²) in [6.07, 6.45) is 1.88. The van der Waals surface area contributed by atoms with E-state index in [9.17, 15) is 14.4 Å². The van der Waals surface area contributed by atoms with Crippen molar-refractivity contribution in [1.82, 2.24) is 0 Å². The Hall–Kier alpha value is -3.44. The zero-order valence-corrected chi connectivity index (χ0v) is 19.1. The lowest BCUT2D eigenvalue weighted by atomic mass is 9.73. The molecule has 3 aromatic rings. The largest absolute Gasteiger partial charge is 0.322 e. The number of halogens is 1. The van der Waals surface area contributed by atoms with Crippen molar-refractivity contribution in [2.45, 2.75) is 18.8 Å². The molecule has 3 fully saturated rings. The second-order valence-electron chi connectivity index (χ2n) is 9.49. The minimum Gasteiger partial charge on any atom is -0.322 e. The van der Waals surface area contributed by atoms with Gasteiger partial charge in [0.25, 0.3) is 5.91 Å². The lowest BCUT2D eigenvalue weighted by Crippen LogP contribution is -2.33. The van der Waals surface area contributed by atoms with E-state index >= 15 is 0 Å². The normalized spacial score (nSPS) is 27.2. The predicted molar refractivity (Wildman–Crippen MR) is 131 cm³/mol. The molecule has 2 aliphatic carbocycles. The topological polar surface area (TPSA) is 66.5 Å². The van der Waals surface area contributed by atoms with Crippen LogP contribution in [0.3, 0.4) is 0 Å². The van der Waals surface area contributed by atoms with Crippen LogP contribution in [0.15, 0.2) is 78.9 Å². The summed E-state index contributed by atoms with van der Waals surface area (Å²) in [4.78, 5) is 41.1. The van der Waals surface area contributed by atoms with Gasteiger partial charge in [-0.3, -0.25) is 19.3 Å². The molecule has 3 amide bonds. The standard InChI is InChI=1S/C28H23ClN2O3/c29-19-9-11-20(12-10-19)30-26(32)17-7-4-8-21(13-17)31-27(33)24-18-14-22(16-5-2-1-3-6-16)23(15-18)25(24)28(31)34/h1-13,18,22-25H,14-15H2,(H,30,32)/t18-,22-,23+,24-,25-/m0/s1. The van der Waals surface area contributed by atoms with Crippen molar-refractivity contribution in [3.8, 4) is 0 Å². The van der Waals surface area contributed by atoms with Crippen LogP contribution in [0.2, 0.25) is 5.02 Å². The molecule has 34 heavy (non-hydrogen) atoms. The lowest BCUT2D eigenvalue weighted by Gasteiger charge is -2.28. The van der Waals surface area contributed by atoms with Crippen LogP contribution < -0.4 is 10.2 Å². The molecule has 2 saturated carbocycles. The van der Waals surface area contributed by atoms with E-state index in [1.165, 1.54) is 10.5 Å². The number of nitrogens with one attached hydrogen (secondary N) is 1. The van der Waals surface area contributed by atoms with E-state index < -0.39 is 0 Å². The summed E-state index contributed by atoms with van der Waals surface area (Å²) in [5, 5.41) is 3.41. The van der Waals surface area contributed by atoms with Gasteiger partial charge in [-0.1, -0.05) is 48.0 Å². The number of anilines is 2. The number of fused-ring (bicyclic) bond motifs is 5. The Morgan fingerprint density at radius 2 is 1.59 bits per heavy atom. The van der Waals surface area contributed by atoms with E-state index in [4.69, 9.17) is 11.6 Å². The number of rotatable bonds is 4. The van der Waals surface area contributed by atoms with E-state index in [1.807, 2.05) is 18.2 Å².